The van der Waals surface area contributed by atoms with Crippen LogP contribution in [-0.4, -0.2) is 16.0 Å². The Kier molecular flexibility index (Phi) is 2.85. The topological polar surface area (TPSA) is 80.4 Å². The molecule has 5 nitrogen and oxygen atoms in total. The van der Waals surface area contributed by atoms with Gasteiger partial charge in [-0.3, -0.25) is 10.1 Å². The number of aromatic carboxylic acids is 1. The van der Waals surface area contributed by atoms with E-state index in [9.17, 15) is 14.9 Å². The molecule has 74 valence electrons. The Morgan fingerprint density at radius 2 is 2.14 bits per heavy atom. The van der Waals surface area contributed by atoms with E-state index in [1.54, 1.807) is 6.92 Å². The summed E-state index contributed by atoms with van der Waals surface area (Å²) >= 11 is 2.96. The molecule has 0 spiro atoms. The van der Waals surface area contributed by atoms with Crippen LogP contribution in [0.1, 0.15) is 15.9 Å². The van der Waals surface area contributed by atoms with Crippen molar-refractivity contribution < 1.29 is 14.8 Å². The third-order valence-corrected chi connectivity index (χ3v) is 2.23. The average Bonchev–Trinajstić information content (AvgIpc) is 2.01. The molecule has 0 fully saturated rings. The molecule has 0 saturated heterocycles. The zero-order chi connectivity index (χ0) is 10.9. The minimum Gasteiger partial charge on any atom is -0.477 e. The third-order valence-electron chi connectivity index (χ3n) is 1.62. The summed E-state index contributed by atoms with van der Waals surface area (Å²) < 4.78 is 0.180. The van der Waals surface area contributed by atoms with E-state index in [2.05, 4.69) is 15.9 Å². The van der Waals surface area contributed by atoms with Crippen molar-refractivity contribution in [1.29, 1.82) is 0 Å². The second kappa shape index (κ2) is 3.75. The van der Waals surface area contributed by atoms with Gasteiger partial charge in [-0.05, 0) is 40.5 Å². The molecule has 0 aliphatic carbocycles. The number of aryl methyl sites for hydroxylation is 1. The lowest BCUT2D eigenvalue weighted by Gasteiger charge is -2.01. The lowest BCUT2D eigenvalue weighted by atomic mass is 10.1. The first kappa shape index (κ1) is 10.6. The number of carboxylic acid groups (broad SMARTS) is 1. The average molecular weight is 260 g/mol. The van der Waals surface area contributed by atoms with Crippen LogP contribution in [0.15, 0.2) is 16.6 Å². The van der Waals surface area contributed by atoms with Crippen LogP contribution in [0.5, 0.6) is 0 Å². The van der Waals surface area contributed by atoms with Crippen molar-refractivity contribution in [1.82, 2.24) is 0 Å². The summed E-state index contributed by atoms with van der Waals surface area (Å²) in [7, 11) is 0. The largest absolute Gasteiger partial charge is 0.477 e. The minimum absolute atomic E-state index is 0.180. The van der Waals surface area contributed by atoms with Gasteiger partial charge in [0.1, 0.15) is 5.56 Å². The highest BCUT2D eigenvalue weighted by molar-refractivity contribution is 9.10. The number of rotatable bonds is 2. The summed E-state index contributed by atoms with van der Waals surface area (Å²) in [5.41, 5.74) is -0.0650. The molecule has 0 amide bonds. The highest BCUT2D eigenvalue weighted by Gasteiger charge is 2.23. The van der Waals surface area contributed by atoms with Crippen LogP contribution in [0.3, 0.4) is 0 Å². The molecule has 1 aromatic rings. The molecule has 0 atom stereocenters. The third kappa shape index (κ3) is 1.90. The molecule has 0 aliphatic rings. The minimum atomic E-state index is -1.30. The maximum Gasteiger partial charge on any atom is 0.342 e. The zero-order valence-electron chi connectivity index (χ0n) is 7.15. The van der Waals surface area contributed by atoms with Gasteiger partial charge in [0.15, 0.2) is 0 Å². The maximum absolute atomic E-state index is 10.7. The molecular weight excluding hydrogens is 254 g/mol. The summed E-state index contributed by atoms with van der Waals surface area (Å²) in [5, 5.41) is 19.3. The predicted octanol–water partition coefficient (Wildman–Crippen LogP) is 2.36. The quantitative estimate of drug-likeness (QED) is 0.653. The summed E-state index contributed by atoms with van der Waals surface area (Å²) in [6.07, 6.45) is 0. The Bertz CT molecular complexity index is 416. The number of hydrogen-bond donors (Lipinski definition) is 1. The molecule has 1 aromatic carbocycles. The molecule has 6 heteroatoms. The van der Waals surface area contributed by atoms with Crippen LogP contribution in [0.25, 0.3) is 0 Å². The van der Waals surface area contributed by atoms with Crippen LogP contribution < -0.4 is 0 Å². The number of hydrogen-bond acceptors (Lipinski definition) is 3. The van der Waals surface area contributed by atoms with E-state index < -0.39 is 16.6 Å². The molecule has 0 radical (unpaired) electrons. The van der Waals surface area contributed by atoms with E-state index >= 15 is 0 Å². The lowest BCUT2D eigenvalue weighted by Crippen LogP contribution is -2.03. The van der Waals surface area contributed by atoms with Crippen LogP contribution in [0.2, 0.25) is 0 Å². The van der Waals surface area contributed by atoms with Crippen molar-refractivity contribution in [2.45, 2.75) is 6.92 Å². The predicted molar refractivity (Wildman–Crippen MR) is 52.5 cm³/mol. The smallest absolute Gasteiger partial charge is 0.342 e. The van der Waals surface area contributed by atoms with Crippen molar-refractivity contribution in [3.05, 3.63) is 37.8 Å². The van der Waals surface area contributed by atoms with E-state index in [4.69, 9.17) is 5.11 Å². The summed E-state index contributed by atoms with van der Waals surface area (Å²) in [6, 6.07) is 2.77. The molecule has 0 aliphatic heterocycles. The van der Waals surface area contributed by atoms with Crippen LogP contribution >= 0.6 is 15.9 Å². The van der Waals surface area contributed by atoms with Crippen molar-refractivity contribution in [3.63, 3.8) is 0 Å². The number of halogens is 1. The number of nitrogens with zero attached hydrogens (tertiary/aromatic N) is 1. The van der Waals surface area contributed by atoms with Gasteiger partial charge in [0.25, 0.3) is 5.69 Å². The van der Waals surface area contributed by atoms with Crippen molar-refractivity contribution >= 4 is 27.6 Å². The Morgan fingerprint density at radius 3 is 2.57 bits per heavy atom. The highest BCUT2D eigenvalue weighted by atomic mass is 79.9. The second-order valence-corrected chi connectivity index (χ2v) is 3.56. The van der Waals surface area contributed by atoms with Gasteiger partial charge >= 0.3 is 5.97 Å². The fourth-order valence-electron chi connectivity index (χ4n) is 1.08. The molecule has 0 unspecified atom stereocenters. The Hall–Kier alpha value is -1.43. The summed E-state index contributed by atoms with van der Waals surface area (Å²) in [4.78, 5) is 20.6. The molecule has 1 N–H and O–H groups in total. The van der Waals surface area contributed by atoms with E-state index in [1.807, 2.05) is 0 Å². The van der Waals surface area contributed by atoms with Crippen molar-refractivity contribution in [2.75, 3.05) is 0 Å². The van der Waals surface area contributed by atoms with Crippen molar-refractivity contribution in [2.24, 2.45) is 0 Å². The monoisotopic (exact) mass is 259 g/mol. The number of nitro benzene ring substituents is 1. The molecular formula is C8H6BrNO4. The van der Waals surface area contributed by atoms with Gasteiger partial charge < -0.3 is 5.11 Å². The van der Waals surface area contributed by atoms with Crippen molar-refractivity contribution in [3.8, 4) is 0 Å². The van der Waals surface area contributed by atoms with E-state index in [1.165, 1.54) is 12.1 Å². The van der Waals surface area contributed by atoms with Gasteiger partial charge in [0.05, 0.1) is 9.40 Å². The number of benzene rings is 1. The molecule has 1 rings (SSSR count). The fourth-order valence-corrected chi connectivity index (χ4v) is 1.80. The molecule has 0 heterocycles. The molecule has 0 saturated carbocycles. The second-order valence-electron chi connectivity index (χ2n) is 2.71. The Balaban J connectivity index is 3.52. The Labute approximate surface area is 87.6 Å². The van der Waals surface area contributed by atoms with E-state index in [0.717, 1.165) is 0 Å². The van der Waals surface area contributed by atoms with Crippen LogP contribution in [-0.2, 0) is 0 Å². The number of carboxylic acids is 1. The standard InChI is InChI=1S/C8H6BrNO4/c1-4-2-5(8(11)12)7(10(13)14)6(9)3-4/h2-3H,1H3,(H,11,12). The molecule has 0 aromatic heterocycles. The fraction of sp³-hybridized carbons (Fsp3) is 0.125. The first-order chi connectivity index (χ1) is 6.43. The van der Waals surface area contributed by atoms with Gasteiger partial charge in [0, 0.05) is 0 Å². The Morgan fingerprint density at radius 1 is 1.57 bits per heavy atom. The first-order valence-electron chi connectivity index (χ1n) is 3.61. The van der Waals surface area contributed by atoms with Gasteiger partial charge in [-0.25, -0.2) is 4.79 Å². The van der Waals surface area contributed by atoms with Crippen LogP contribution in [0.4, 0.5) is 5.69 Å². The normalized spacial score (nSPS) is 9.86. The highest BCUT2D eigenvalue weighted by Crippen LogP contribution is 2.30. The maximum atomic E-state index is 10.7. The van der Waals surface area contributed by atoms with Crippen LogP contribution in [0, 0.1) is 17.0 Å². The number of nitro groups is 1. The van der Waals surface area contributed by atoms with Gasteiger partial charge in [-0.1, -0.05) is 0 Å². The van der Waals surface area contributed by atoms with Gasteiger partial charge in [0.2, 0.25) is 0 Å². The molecule has 14 heavy (non-hydrogen) atoms. The lowest BCUT2D eigenvalue weighted by molar-refractivity contribution is -0.386. The number of carbonyl (C=O) groups is 1. The zero-order valence-corrected chi connectivity index (χ0v) is 8.74. The summed E-state index contributed by atoms with van der Waals surface area (Å²) in [6.45, 7) is 1.67. The first-order valence-corrected chi connectivity index (χ1v) is 4.40. The van der Waals surface area contributed by atoms with Gasteiger partial charge in [-0.15, -0.1) is 0 Å². The van der Waals surface area contributed by atoms with E-state index in [0.29, 0.717) is 5.56 Å². The van der Waals surface area contributed by atoms with Gasteiger partial charge in [-0.2, -0.15) is 0 Å². The SMILES string of the molecule is Cc1cc(Br)c([N+](=O)[O-])c(C(=O)O)c1. The molecule has 0 bridgehead atoms. The summed E-state index contributed by atoms with van der Waals surface area (Å²) in [5.74, 6) is -1.30. The van der Waals surface area contributed by atoms with E-state index in [-0.39, 0.29) is 10.0 Å².